The molecule has 20 heavy (non-hydrogen) atoms. The van der Waals surface area contributed by atoms with Crippen LogP contribution in [0.15, 0.2) is 22.7 Å². The summed E-state index contributed by atoms with van der Waals surface area (Å²) in [5.74, 6) is 0.952. The Morgan fingerprint density at radius 3 is 2.55 bits per heavy atom. The quantitative estimate of drug-likeness (QED) is 0.864. The molecule has 1 aromatic carbocycles. The van der Waals surface area contributed by atoms with E-state index in [9.17, 15) is 0 Å². The monoisotopic (exact) mass is 338 g/mol. The topological polar surface area (TPSA) is 29.3 Å². The Balaban J connectivity index is 2.10. The van der Waals surface area contributed by atoms with E-state index in [0.717, 1.165) is 16.8 Å². The van der Waals surface area contributed by atoms with Crippen molar-refractivity contribution in [3.8, 4) is 0 Å². The van der Waals surface area contributed by atoms with Gasteiger partial charge in [-0.05, 0) is 68.3 Å². The molecule has 0 aromatic heterocycles. The SMILES string of the molecule is CCC1CCC(N(C)c2ccc(Br)cc2CCN)CC1. The van der Waals surface area contributed by atoms with Gasteiger partial charge < -0.3 is 10.6 Å². The van der Waals surface area contributed by atoms with E-state index < -0.39 is 0 Å². The van der Waals surface area contributed by atoms with Gasteiger partial charge in [-0.1, -0.05) is 29.3 Å². The van der Waals surface area contributed by atoms with Crippen LogP contribution in [0.1, 0.15) is 44.6 Å². The van der Waals surface area contributed by atoms with Gasteiger partial charge in [0.05, 0.1) is 0 Å². The van der Waals surface area contributed by atoms with Crippen molar-refractivity contribution in [1.82, 2.24) is 0 Å². The molecule has 0 radical (unpaired) electrons. The molecular formula is C17H27BrN2. The molecule has 1 saturated carbocycles. The average molecular weight is 339 g/mol. The molecule has 1 aliphatic carbocycles. The van der Waals surface area contributed by atoms with E-state index in [4.69, 9.17) is 5.73 Å². The first kappa shape index (κ1) is 15.8. The van der Waals surface area contributed by atoms with Gasteiger partial charge in [0.1, 0.15) is 0 Å². The highest BCUT2D eigenvalue weighted by atomic mass is 79.9. The first-order chi connectivity index (χ1) is 9.65. The van der Waals surface area contributed by atoms with Crippen LogP contribution in [-0.4, -0.2) is 19.6 Å². The second-order valence-electron chi connectivity index (χ2n) is 6.01. The maximum atomic E-state index is 5.76. The fraction of sp³-hybridized carbons (Fsp3) is 0.647. The van der Waals surface area contributed by atoms with Crippen molar-refractivity contribution in [3.05, 3.63) is 28.2 Å². The third kappa shape index (κ3) is 3.76. The highest BCUT2D eigenvalue weighted by Gasteiger charge is 2.24. The second kappa shape index (κ2) is 7.46. The number of benzene rings is 1. The molecular weight excluding hydrogens is 312 g/mol. The van der Waals surface area contributed by atoms with Crippen molar-refractivity contribution in [2.75, 3.05) is 18.5 Å². The molecule has 0 amide bonds. The summed E-state index contributed by atoms with van der Waals surface area (Å²) >= 11 is 3.57. The van der Waals surface area contributed by atoms with Crippen LogP contribution in [0, 0.1) is 5.92 Å². The van der Waals surface area contributed by atoms with Crippen molar-refractivity contribution in [2.45, 2.75) is 51.5 Å². The fourth-order valence-electron chi connectivity index (χ4n) is 3.39. The Morgan fingerprint density at radius 2 is 1.95 bits per heavy atom. The predicted molar refractivity (Wildman–Crippen MR) is 91.3 cm³/mol. The molecule has 0 aliphatic heterocycles. The van der Waals surface area contributed by atoms with Gasteiger partial charge in [0.15, 0.2) is 0 Å². The summed E-state index contributed by atoms with van der Waals surface area (Å²) in [6, 6.07) is 7.29. The minimum absolute atomic E-state index is 0.690. The number of rotatable bonds is 5. The summed E-state index contributed by atoms with van der Waals surface area (Å²) in [6.45, 7) is 3.03. The Morgan fingerprint density at radius 1 is 1.25 bits per heavy atom. The Bertz CT molecular complexity index is 425. The lowest BCUT2D eigenvalue weighted by Gasteiger charge is -2.36. The van der Waals surface area contributed by atoms with Crippen molar-refractivity contribution in [2.24, 2.45) is 11.7 Å². The Kier molecular flexibility index (Phi) is 5.91. The first-order valence-corrected chi connectivity index (χ1v) is 8.66. The third-order valence-corrected chi connectivity index (χ3v) is 5.27. The third-order valence-electron chi connectivity index (χ3n) is 4.78. The minimum Gasteiger partial charge on any atom is -0.371 e. The van der Waals surface area contributed by atoms with E-state index in [1.807, 2.05) is 0 Å². The molecule has 2 nitrogen and oxygen atoms in total. The summed E-state index contributed by atoms with van der Waals surface area (Å²) in [4.78, 5) is 2.49. The van der Waals surface area contributed by atoms with Crippen LogP contribution in [0.5, 0.6) is 0 Å². The number of halogens is 1. The van der Waals surface area contributed by atoms with Gasteiger partial charge in [0.2, 0.25) is 0 Å². The highest BCUT2D eigenvalue weighted by molar-refractivity contribution is 9.10. The highest BCUT2D eigenvalue weighted by Crippen LogP contribution is 2.33. The second-order valence-corrected chi connectivity index (χ2v) is 6.92. The van der Waals surface area contributed by atoms with Crippen molar-refractivity contribution in [3.63, 3.8) is 0 Å². The molecule has 2 rings (SSSR count). The number of hydrogen-bond acceptors (Lipinski definition) is 2. The van der Waals surface area contributed by atoms with Crippen LogP contribution in [0.2, 0.25) is 0 Å². The smallest absolute Gasteiger partial charge is 0.0399 e. The molecule has 0 heterocycles. The van der Waals surface area contributed by atoms with Crippen molar-refractivity contribution < 1.29 is 0 Å². The summed E-state index contributed by atoms with van der Waals surface area (Å²) in [5.41, 5.74) is 8.48. The molecule has 0 atom stereocenters. The first-order valence-electron chi connectivity index (χ1n) is 7.87. The van der Waals surface area contributed by atoms with Gasteiger partial charge in [-0.15, -0.1) is 0 Å². The van der Waals surface area contributed by atoms with Gasteiger partial charge >= 0.3 is 0 Å². The zero-order chi connectivity index (χ0) is 14.5. The minimum atomic E-state index is 0.690. The van der Waals surface area contributed by atoms with E-state index in [-0.39, 0.29) is 0 Å². The van der Waals surface area contributed by atoms with E-state index in [1.165, 1.54) is 43.4 Å². The van der Waals surface area contributed by atoms with Crippen LogP contribution < -0.4 is 10.6 Å². The number of nitrogens with zero attached hydrogens (tertiary/aromatic N) is 1. The van der Waals surface area contributed by atoms with E-state index in [2.05, 4.69) is 53.0 Å². The Hall–Kier alpha value is -0.540. The zero-order valence-electron chi connectivity index (χ0n) is 12.7. The molecule has 0 spiro atoms. The largest absolute Gasteiger partial charge is 0.371 e. The van der Waals surface area contributed by atoms with E-state index in [0.29, 0.717) is 12.6 Å². The normalized spacial score (nSPS) is 22.8. The lowest BCUT2D eigenvalue weighted by atomic mass is 9.84. The van der Waals surface area contributed by atoms with Crippen LogP contribution in [0.3, 0.4) is 0 Å². The van der Waals surface area contributed by atoms with E-state index >= 15 is 0 Å². The molecule has 1 aliphatic rings. The molecule has 1 fully saturated rings. The number of anilines is 1. The van der Waals surface area contributed by atoms with Crippen LogP contribution in [0.25, 0.3) is 0 Å². The van der Waals surface area contributed by atoms with Gasteiger partial charge in [-0.25, -0.2) is 0 Å². The lowest BCUT2D eigenvalue weighted by Crippen LogP contribution is -2.35. The molecule has 0 saturated heterocycles. The molecule has 0 bridgehead atoms. The van der Waals surface area contributed by atoms with Gasteiger partial charge in [-0.3, -0.25) is 0 Å². The summed E-state index contributed by atoms with van der Waals surface area (Å²) < 4.78 is 1.15. The van der Waals surface area contributed by atoms with Crippen molar-refractivity contribution >= 4 is 21.6 Å². The average Bonchev–Trinajstić information content (AvgIpc) is 2.47. The number of hydrogen-bond donors (Lipinski definition) is 1. The molecule has 112 valence electrons. The number of nitrogens with two attached hydrogens (primary N) is 1. The Labute approximate surface area is 131 Å². The summed E-state index contributed by atoms with van der Waals surface area (Å²) in [7, 11) is 2.25. The maximum absolute atomic E-state index is 5.76. The van der Waals surface area contributed by atoms with Crippen LogP contribution in [-0.2, 0) is 6.42 Å². The van der Waals surface area contributed by atoms with E-state index in [1.54, 1.807) is 0 Å². The van der Waals surface area contributed by atoms with Crippen LogP contribution in [0.4, 0.5) is 5.69 Å². The molecule has 2 N–H and O–H groups in total. The van der Waals surface area contributed by atoms with Gasteiger partial charge in [-0.2, -0.15) is 0 Å². The lowest BCUT2D eigenvalue weighted by molar-refractivity contribution is 0.313. The van der Waals surface area contributed by atoms with Crippen LogP contribution >= 0.6 is 15.9 Å². The molecule has 1 aromatic rings. The van der Waals surface area contributed by atoms with Gasteiger partial charge in [0.25, 0.3) is 0 Å². The standard InChI is InChI=1S/C17H27BrN2/c1-3-13-4-7-16(8-5-13)20(2)17-9-6-15(18)12-14(17)10-11-19/h6,9,12-13,16H,3-5,7-8,10-11,19H2,1-2H3. The predicted octanol–water partition coefficient (Wildman–Crippen LogP) is 4.36. The zero-order valence-corrected chi connectivity index (χ0v) is 14.3. The molecule has 3 heteroatoms. The fourth-order valence-corrected chi connectivity index (χ4v) is 3.80. The summed E-state index contributed by atoms with van der Waals surface area (Å²) in [5, 5.41) is 0. The van der Waals surface area contributed by atoms with Gasteiger partial charge in [0, 0.05) is 23.2 Å². The molecule has 0 unspecified atom stereocenters. The van der Waals surface area contributed by atoms with Crippen molar-refractivity contribution in [1.29, 1.82) is 0 Å². The maximum Gasteiger partial charge on any atom is 0.0399 e. The summed E-state index contributed by atoms with van der Waals surface area (Å²) in [6.07, 6.45) is 7.71.